The van der Waals surface area contributed by atoms with Crippen LogP contribution in [0.3, 0.4) is 0 Å². The predicted octanol–water partition coefficient (Wildman–Crippen LogP) is 2.37. The van der Waals surface area contributed by atoms with Gasteiger partial charge in [-0.05, 0) is 23.1 Å². The molecular weight excluding hydrogens is 246 g/mol. The quantitative estimate of drug-likeness (QED) is 0.919. The Morgan fingerprint density at radius 1 is 1.33 bits per heavy atom. The van der Waals surface area contributed by atoms with Gasteiger partial charge in [-0.1, -0.05) is 24.3 Å². The van der Waals surface area contributed by atoms with Crippen molar-refractivity contribution in [2.24, 2.45) is 0 Å². The lowest BCUT2D eigenvalue weighted by Crippen LogP contribution is -2.36. The monoisotopic (exact) mass is 259 g/mol. The topological polar surface area (TPSA) is 38.3 Å². The van der Waals surface area contributed by atoms with Gasteiger partial charge in [0.2, 0.25) is 0 Å². The number of rotatable bonds is 3. The van der Waals surface area contributed by atoms with E-state index in [2.05, 4.69) is 5.32 Å². The van der Waals surface area contributed by atoms with Crippen LogP contribution in [0.15, 0.2) is 41.8 Å². The van der Waals surface area contributed by atoms with Gasteiger partial charge < -0.3 is 10.1 Å². The molecule has 1 unspecified atom stereocenters. The van der Waals surface area contributed by atoms with Crippen molar-refractivity contribution in [2.75, 3.05) is 0 Å². The molecule has 1 atom stereocenters. The van der Waals surface area contributed by atoms with Crippen molar-refractivity contribution in [3.8, 4) is 5.75 Å². The number of amides is 1. The third-order valence-corrected chi connectivity index (χ3v) is 3.83. The molecule has 1 aliphatic rings. The van der Waals surface area contributed by atoms with Gasteiger partial charge in [-0.2, -0.15) is 0 Å². The summed E-state index contributed by atoms with van der Waals surface area (Å²) in [5.41, 5.74) is 1.11. The minimum absolute atomic E-state index is 0.0420. The Balaban J connectivity index is 1.59. The SMILES string of the molecule is O=C(NCc1cccs1)C1Cc2ccccc2O1. The van der Waals surface area contributed by atoms with Crippen LogP contribution in [0.2, 0.25) is 0 Å². The molecule has 0 saturated carbocycles. The fraction of sp³-hybridized carbons (Fsp3) is 0.214. The number of benzene rings is 1. The van der Waals surface area contributed by atoms with E-state index in [1.54, 1.807) is 11.3 Å². The van der Waals surface area contributed by atoms with E-state index in [-0.39, 0.29) is 12.0 Å². The van der Waals surface area contributed by atoms with E-state index >= 15 is 0 Å². The number of hydrogen-bond acceptors (Lipinski definition) is 3. The van der Waals surface area contributed by atoms with Crippen LogP contribution in [0.25, 0.3) is 0 Å². The highest BCUT2D eigenvalue weighted by Gasteiger charge is 2.28. The molecule has 2 aromatic rings. The normalized spacial score (nSPS) is 17.0. The number of fused-ring (bicyclic) bond motifs is 1. The van der Waals surface area contributed by atoms with Gasteiger partial charge in [-0.25, -0.2) is 0 Å². The summed E-state index contributed by atoms with van der Waals surface area (Å²) < 4.78 is 5.63. The lowest BCUT2D eigenvalue weighted by molar-refractivity contribution is -0.127. The van der Waals surface area contributed by atoms with Crippen molar-refractivity contribution in [1.29, 1.82) is 0 Å². The van der Waals surface area contributed by atoms with Crippen LogP contribution in [0.5, 0.6) is 5.75 Å². The van der Waals surface area contributed by atoms with E-state index in [9.17, 15) is 4.79 Å². The average Bonchev–Trinajstić information content (AvgIpc) is 3.04. The van der Waals surface area contributed by atoms with E-state index < -0.39 is 0 Å². The molecule has 2 heterocycles. The van der Waals surface area contributed by atoms with Gasteiger partial charge in [0.15, 0.2) is 6.10 Å². The zero-order chi connectivity index (χ0) is 12.4. The third kappa shape index (κ3) is 2.24. The highest BCUT2D eigenvalue weighted by Crippen LogP contribution is 2.28. The van der Waals surface area contributed by atoms with Crippen molar-refractivity contribution in [1.82, 2.24) is 5.32 Å². The number of thiophene rings is 1. The van der Waals surface area contributed by atoms with E-state index in [0.29, 0.717) is 13.0 Å². The molecule has 1 amide bonds. The molecule has 4 heteroatoms. The Morgan fingerprint density at radius 2 is 2.22 bits per heavy atom. The first-order valence-electron chi connectivity index (χ1n) is 5.87. The molecule has 0 aliphatic carbocycles. The van der Waals surface area contributed by atoms with Crippen LogP contribution >= 0.6 is 11.3 Å². The zero-order valence-electron chi connectivity index (χ0n) is 9.76. The molecule has 18 heavy (non-hydrogen) atoms. The minimum atomic E-state index is -0.387. The number of hydrogen-bond donors (Lipinski definition) is 1. The number of carbonyl (C=O) groups excluding carboxylic acids is 1. The van der Waals surface area contributed by atoms with Crippen molar-refractivity contribution in [3.05, 3.63) is 52.2 Å². The van der Waals surface area contributed by atoms with Gasteiger partial charge in [0.05, 0.1) is 6.54 Å². The van der Waals surface area contributed by atoms with Gasteiger partial charge >= 0.3 is 0 Å². The number of para-hydroxylation sites is 1. The first kappa shape index (κ1) is 11.3. The Hall–Kier alpha value is -1.81. The molecule has 3 rings (SSSR count). The highest BCUT2D eigenvalue weighted by atomic mass is 32.1. The van der Waals surface area contributed by atoms with E-state index in [1.807, 2.05) is 41.8 Å². The maximum atomic E-state index is 12.0. The Bertz CT molecular complexity index is 526. The third-order valence-electron chi connectivity index (χ3n) is 2.96. The molecule has 0 fully saturated rings. The lowest BCUT2D eigenvalue weighted by Gasteiger charge is -2.10. The van der Waals surface area contributed by atoms with E-state index in [1.165, 1.54) is 0 Å². The van der Waals surface area contributed by atoms with Crippen LogP contribution in [-0.2, 0) is 17.8 Å². The fourth-order valence-corrected chi connectivity index (χ4v) is 2.67. The van der Waals surface area contributed by atoms with Crippen molar-refractivity contribution >= 4 is 17.2 Å². The molecule has 1 aromatic heterocycles. The second-order valence-electron chi connectivity index (χ2n) is 4.22. The maximum absolute atomic E-state index is 12.0. The van der Waals surface area contributed by atoms with Gasteiger partial charge in [0.1, 0.15) is 5.75 Å². The summed E-state index contributed by atoms with van der Waals surface area (Å²) in [4.78, 5) is 13.1. The number of ether oxygens (including phenoxy) is 1. The molecule has 3 nitrogen and oxygen atoms in total. The van der Waals surface area contributed by atoms with Gasteiger partial charge in [-0.15, -0.1) is 11.3 Å². The molecule has 1 N–H and O–H groups in total. The molecule has 0 spiro atoms. The molecule has 0 saturated heterocycles. The second-order valence-corrected chi connectivity index (χ2v) is 5.25. The van der Waals surface area contributed by atoms with E-state index in [0.717, 1.165) is 16.2 Å². The van der Waals surface area contributed by atoms with Crippen molar-refractivity contribution in [3.63, 3.8) is 0 Å². The molecular formula is C14H13NO2S. The molecule has 0 bridgehead atoms. The van der Waals surface area contributed by atoms with Crippen LogP contribution in [-0.4, -0.2) is 12.0 Å². The molecule has 1 aromatic carbocycles. The Morgan fingerprint density at radius 3 is 3.00 bits per heavy atom. The van der Waals surface area contributed by atoms with Crippen molar-refractivity contribution < 1.29 is 9.53 Å². The summed E-state index contributed by atoms with van der Waals surface area (Å²) in [6.07, 6.45) is 0.272. The summed E-state index contributed by atoms with van der Waals surface area (Å²) in [6.45, 7) is 0.576. The summed E-state index contributed by atoms with van der Waals surface area (Å²) in [6, 6.07) is 11.8. The molecule has 0 radical (unpaired) electrons. The Kier molecular flexibility index (Phi) is 3.02. The predicted molar refractivity (Wildman–Crippen MR) is 70.7 cm³/mol. The largest absolute Gasteiger partial charge is 0.480 e. The summed E-state index contributed by atoms with van der Waals surface area (Å²) in [5, 5.41) is 4.91. The smallest absolute Gasteiger partial charge is 0.261 e. The van der Waals surface area contributed by atoms with Crippen LogP contribution in [0.1, 0.15) is 10.4 Å². The van der Waals surface area contributed by atoms with Crippen LogP contribution in [0.4, 0.5) is 0 Å². The molecule has 1 aliphatic heterocycles. The standard InChI is InChI=1S/C14H13NO2S/c16-14(15-9-11-5-3-7-18-11)13-8-10-4-1-2-6-12(10)17-13/h1-7,13H,8-9H2,(H,15,16). The van der Waals surface area contributed by atoms with Gasteiger partial charge in [0, 0.05) is 11.3 Å². The number of nitrogens with one attached hydrogen (secondary N) is 1. The summed E-state index contributed by atoms with van der Waals surface area (Å²) in [7, 11) is 0. The number of carbonyl (C=O) groups is 1. The fourth-order valence-electron chi connectivity index (χ4n) is 2.03. The van der Waals surface area contributed by atoms with Crippen LogP contribution in [0, 0.1) is 0 Å². The first-order valence-corrected chi connectivity index (χ1v) is 6.75. The van der Waals surface area contributed by atoms with Gasteiger partial charge in [-0.3, -0.25) is 4.79 Å². The zero-order valence-corrected chi connectivity index (χ0v) is 10.6. The van der Waals surface area contributed by atoms with Crippen molar-refractivity contribution in [2.45, 2.75) is 19.1 Å². The average molecular weight is 259 g/mol. The minimum Gasteiger partial charge on any atom is -0.480 e. The summed E-state index contributed by atoms with van der Waals surface area (Å²) in [5.74, 6) is 0.786. The maximum Gasteiger partial charge on any atom is 0.261 e. The van der Waals surface area contributed by atoms with Crippen LogP contribution < -0.4 is 10.1 Å². The Labute approximate surface area is 109 Å². The molecule has 92 valence electrons. The van der Waals surface area contributed by atoms with Gasteiger partial charge in [0.25, 0.3) is 5.91 Å². The highest BCUT2D eigenvalue weighted by molar-refractivity contribution is 7.09. The summed E-state index contributed by atoms with van der Waals surface area (Å²) >= 11 is 1.64. The second kappa shape index (κ2) is 4.82. The first-order chi connectivity index (χ1) is 8.83. The lowest BCUT2D eigenvalue weighted by atomic mass is 10.1. The van der Waals surface area contributed by atoms with E-state index in [4.69, 9.17) is 4.74 Å².